The minimum absolute atomic E-state index is 0.124. The number of carboxylic acid groups (broad SMARTS) is 1. The number of hydrogen-bond acceptors (Lipinski definition) is 4. The summed E-state index contributed by atoms with van der Waals surface area (Å²) in [6.45, 7) is 0.610. The fourth-order valence-corrected chi connectivity index (χ4v) is 1.67. The lowest BCUT2D eigenvalue weighted by molar-refractivity contribution is 0.0694. The van der Waals surface area contributed by atoms with Gasteiger partial charge in [-0.05, 0) is 31.3 Å². The number of hydrogen-bond donors (Lipinski definition) is 3. The van der Waals surface area contributed by atoms with Gasteiger partial charge in [-0.1, -0.05) is 6.07 Å². The second-order valence-corrected chi connectivity index (χ2v) is 3.83. The topological polar surface area (TPSA) is 82.7 Å². The molecule has 0 aliphatic rings. The maximum absolute atomic E-state index is 10.8. The van der Waals surface area contributed by atoms with Crippen molar-refractivity contribution < 1.29 is 19.4 Å². The van der Waals surface area contributed by atoms with Crippen LogP contribution in [0.25, 0.3) is 11.3 Å². The van der Waals surface area contributed by atoms with Gasteiger partial charge in [0.2, 0.25) is 0 Å². The van der Waals surface area contributed by atoms with Gasteiger partial charge in [0.25, 0.3) is 0 Å². The summed E-state index contributed by atoms with van der Waals surface area (Å²) in [5, 5.41) is 21.4. The lowest BCUT2D eigenvalue weighted by Crippen LogP contribution is -2.03. The van der Waals surface area contributed by atoms with Crippen LogP contribution in [0.1, 0.15) is 16.1 Å². The van der Waals surface area contributed by atoms with E-state index in [2.05, 4.69) is 5.32 Å². The Labute approximate surface area is 104 Å². The molecular weight excluding hydrogens is 234 g/mol. The number of aromatic hydroxyl groups is 1. The van der Waals surface area contributed by atoms with Crippen molar-refractivity contribution in [3.8, 4) is 17.1 Å². The quantitative estimate of drug-likeness (QED) is 0.770. The van der Waals surface area contributed by atoms with E-state index >= 15 is 0 Å². The molecule has 0 fully saturated rings. The van der Waals surface area contributed by atoms with Crippen LogP contribution in [0.4, 0.5) is 0 Å². The molecule has 2 rings (SSSR count). The van der Waals surface area contributed by atoms with Crippen LogP contribution in [0, 0.1) is 0 Å². The molecule has 0 aliphatic heterocycles. The summed E-state index contributed by atoms with van der Waals surface area (Å²) in [7, 11) is 1.82. The van der Waals surface area contributed by atoms with Gasteiger partial charge in [0, 0.05) is 5.56 Å². The standard InChI is InChI=1S/C13H13NO4/c1-14-7-9-3-5-12(18-9)8-2-4-10(13(16)17)11(15)6-8/h2-6,14-15H,7H2,1H3,(H,16,17). The van der Waals surface area contributed by atoms with E-state index in [0.717, 1.165) is 5.76 Å². The summed E-state index contributed by atoms with van der Waals surface area (Å²) in [6, 6.07) is 7.94. The van der Waals surface area contributed by atoms with Crippen molar-refractivity contribution in [1.82, 2.24) is 5.32 Å². The highest BCUT2D eigenvalue weighted by Crippen LogP contribution is 2.27. The molecule has 0 saturated heterocycles. The summed E-state index contributed by atoms with van der Waals surface area (Å²) in [5.41, 5.74) is 0.514. The van der Waals surface area contributed by atoms with E-state index < -0.39 is 5.97 Å². The Morgan fingerprint density at radius 3 is 2.72 bits per heavy atom. The highest BCUT2D eigenvalue weighted by molar-refractivity contribution is 5.91. The molecule has 1 heterocycles. The van der Waals surface area contributed by atoms with Crippen molar-refractivity contribution in [3.05, 3.63) is 41.7 Å². The summed E-state index contributed by atoms with van der Waals surface area (Å²) >= 11 is 0. The molecule has 5 heteroatoms. The monoisotopic (exact) mass is 247 g/mol. The Balaban J connectivity index is 2.33. The number of nitrogens with one attached hydrogen (secondary N) is 1. The van der Waals surface area contributed by atoms with Crippen LogP contribution in [-0.2, 0) is 6.54 Å². The minimum atomic E-state index is -1.16. The van der Waals surface area contributed by atoms with E-state index in [9.17, 15) is 9.90 Å². The molecule has 3 N–H and O–H groups in total. The Bertz CT molecular complexity index is 574. The third kappa shape index (κ3) is 2.36. The first-order chi connectivity index (χ1) is 8.61. The largest absolute Gasteiger partial charge is 0.507 e. The zero-order valence-corrected chi connectivity index (χ0v) is 9.80. The summed E-state index contributed by atoms with van der Waals surface area (Å²) < 4.78 is 5.54. The van der Waals surface area contributed by atoms with Crippen LogP contribution in [0.2, 0.25) is 0 Å². The van der Waals surface area contributed by atoms with Crippen molar-refractivity contribution in [2.24, 2.45) is 0 Å². The molecule has 0 atom stereocenters. The molecule has 0 spiro atoms. The van der Waals surface area contributed by atoms with E-state index in [1.165, 1.54) is 12.1 Å². The van der Waals surface area contributed by atoms with Crippen LogP contribution in [-0.4, -0.2) is 23.2 Å². The maximum atomic E-state index is 10.8. The molecule has 94 valence electrons. The molecule has 1 aromatic carbocycles. The first kappa shape index (κ1) is 12.2. The van der Waals surface area contributed by atoms with Crippen LogP contribution in [0.15, 0.2) is 34.7 Å². The summed E-state index contributed by atoms with van der Waals surface area (Å²) in [6.07, 6.45) is 0. The minimum Gasteiger partial charge on any atom is -0.507 e. The van der Waals surface area contributed by atoms with Gasteiger partial charge in [-0.25, -0.2) is 4.79 Å². The third-order valence-corrected chi connectivity index (χ3v) is 2.53. The molecule has 0 bridgehead atoms. The second kappa shape index (κ2) is 4.93. The SMILES string of the molecule is CNCc1ccc(-c2ccc(C(=O)O)c(O)c2)o1. The van der Waals surface area contributed by atoms with E-state index in [-0.39, 0.29) is 11.3 Å². The van der Waals surface area contributed by atoms with Crippen LogP contribution in [0.5, 0.6) is 5.75 Å². The van der Waals surface area contributed by atoms with Crippen LogP contribution >= 0.6 is 0 Å². The molecule has 0 saturated carbocycles. The number of benzene rings is 1. The molecular formula is C13H13NO4. The van der Waals surface area contributed by atoms with E-state index in [4.69, 9.17) is 9.52 Å². The van der Waals surface area contributed by atoms with Crippen molar-refractivity contribution in [3.63, 3.8) is 0 Å². The van der Waals surface area contributed by atoms with E-state index in [0.29, 0.717) is 17.9 Å². The number of furan rings is 1. The van der Waals surface area contributed by atoms with Gasteiger partial charge in [-0.15, -0.1) is 0 Å². The first-order valence-corrected chi connectivity index (χ1v) is 5.42. The Hall–Kier alpha value is -2.27. The molecule has 18 heavy (non-hydrogen) atoms. The molecule has 5 nitrogen and oxygen atoms in total. The van der Waals surface area contributed by atoms with Crippen molar-refractivity contribution in [1.29, 1.82) is 0 Å². The number of carbonyl (C=O) groups is 1. The van der Waals surface area contributed by atoms with Gasteiger partial charge in [-0.2, -0.15) is 0 Å². The van der Waals surface area contributed by atoms with Gasteiger partial charge in [0.1, 0.15) is 22.8 Å². The maximum Gasteiger partial charge on any atom is 0.339 e. The van der Waals surface area contributed by atoms with E-state index in [1.54, 1.807) is 12.1 Å². The normalized spacial score (nSPS) is 10.5. The Morgan fingerprint density at radius 2 is 2.11 bits per heavy atom. The molecule has 2 aromatic rings. The fraction of sp³-hybridized carbons (Fsp3) is 0.154. The lowest BCUT2D eigenvalue weighted by Gasteiger charge is -2.02. The average Bonchev–Trinajstić information content (AvgIpc) is 2.77. The van der Waals surface area contributed by atoms with Gasteiger partial charge in [-0.3, -0.25) is 0 Å². The van der Waals surface area contributed by atoms with Gasteiger partial charge in [0.05, 0.1) is 6.54 Å². The summed E-state index contributed by atoms with van der Waals surface area (Å²) in [5.74, 6) is -0.0669. The molecule has 0 radical (unpaired) electrons. The predicted molar refractivity (Wildman–Crippen MR) is 65.5 cm³/mol. The van der Waals surface area contributed by atoms with Gasteiger partial charge < -0.3 is 19.9 Å². The molecule has 0 aliphatic carbocycles. The number of phenols is 1. The Kier molecular flexibility index (Phi) is 3.34. The zero-order valence-electron chi connectivity index (χ0n) is 9.80. The Morgan fingerprint density at radius 1 is 1.33 bits per heavy atom. The van der Waals surface area contributed by atoms with Gasteiger partial charge in [0.15, 0.2) is 0 Å². The third-order valence-electron chi connectivity index (χ3n) is 2.53. The van der Waals surface area contributed by atoms with Crippen molar-refractivity contribution in [2.75, 3.05) is 7.05 Å². The predicted octanol–water partition coefficient (Wildman–Crippen LogP) is 2.07. The van der Waals surface area contributed by atoms with E-state index in [1.807, 2.05) is 13.1 Å². The van der Waals surface area contributed by atoms with Crippen molar-refractivity contribution in [2.45, 2.75) is 6.54 Å². The summed E-state index contributed by atoms with van der Waals surface area (Å²) in [4.78, 5) is 10.8. The number of aromatic carboxylic acids is 1. The molecule has 1 aromatic heterocycles. The fourth-order valence-electron chi connectivity index (χ4n) is 1.67. The zero-order chi connectivity index (χ0) is 13.1. The van der Waals surface area contributed by atoms with Gasteiger partial charge >= 0.3 is 5.97 Å². The second-order valence-electron chi connectivity index (χ2n) is 3.83. The highest BCUT2D eigenvalue weighted by atomic mass is 16.4. The van der Waals surface area contributed by atoms with Crippen molar-refractivity contribution >= 4 is 5.97 Å². The lowest BCUT2D eigenvalue weighted by atomic mass is 10.1. The molecule has 0 unspecified atom stereocenters. The smallest absolute Gasteiger partial charge is 0.339 e. The highest BCUT2D eigenvalue weighted by Gasteiger charge is 2.12. The molecule has 0 amide bonds. The number of rotatable bonds is 4. The van der Waals surface area contributed by atoms with Crippen LogP contribution < -0.4 is 5.32 Å². The number of carboxylic acids is 1. The van der Waals surface area contributed by atoms with Crippen LogP contribution in [0.3, 0.4) is 0 Å². The average molecular weight is 247 g/mol. The first-order valence-electron chi connectivity index (χ1n) is 5.42.